The largest absolute Gasteiger partial charge is 0.467 e. The first kappa shape index (κ1) is 17.0. The highest BCUT2D eigenvalue weighted by atomic mass is 32.1. The molecule has 0 amide bonds. The van der Waals surface area contributed by atoms with Crippen molar-refractivity contribution in [1.29, 1.82) is 0 Å². The number of rotatable bonds is 3. The molecule has 1 saturated heterocycles. The number of hydrogen-bond donors (Lipinski definition) is 1. The molecule has 27 heavy (non-hydrogen) atoms. The van der Waals surface area contributed by atoms with Crippen molar-refractivity contribution in [3.05, 3.63) is 45.0 Å². The zero-order chi connectivity index (χ0) is 18.2. The molecule has 6 nitrogen and oxygen atoms in total. The molecule has 0 saturated carbocycles. The van der Waals surface area contributed by atoms with Gasteiger partial charge in [0.05, 0.1) is 18.2 Å². The molecule has 0 unspecified atom stereocenters. The molecule has 1 N–H and O–H groups in total. The van der Waals surface area contributed by atoms with Crippen LogP contribution in [-0.2, 0) is 19.4 Å². The monoisotopic (exact) mass is 384 g/mol. The molecule has 2 aliphatic rings. The Hall–Kier alpha value is -2.12. The summed E-state index contributed by atoms with van der Waals surface area (Å²) >= 11 is 1.73. The fraction of sp³-hybridized carbons (Fsp3) is 0.500. The molecule has 7 heteroatoms. The van der Waals surface area contributed by atoms with Crippen LogP contribution in [0.2, 0.25) is 0 Å². The van der Waals surface area contributed by atoms with E-state index in [1.54, 1.807) is 17.6 Å². The van der Waals surface area contributed by atoms with Crippen molar-refractivity contribution < 1.29 is 4.42 Å². The van der Waals surface area contributed by atoms with Gasteiger partial charge in [-0.3, -0.25) is 9.36 Å². The topological polar surface area (TPSA) is 63.3 Å². The van der Waals surface area contributed by atoms with Crippen molar-refractivity contribution >= 4 is 27.5 Å². The Morgan fingerprint density at radius 1 is 1.19 bits per heavy atom. The number of furan rings is 1. The van der Waals surface area contributed by atoms with E-state index in [4.69, 9.17) is 9.40 Å². The molecule has 1 fully saturated rings. The molecule has 0 radical (unpaired) electrons. The number of thiophene rings is 1. The Labute approximate surface area is 161 Å². The number of piperazine rings is 1. The summed E-state index contributed by atoms with van der Waals surface area (Å²) in [7, 11) is 0. The maximum absolute atomic E-state index is 13.6. The van der Waals surface area contributed by atoms with Gasteiger partial charge in [-0.15, -0.1) is 11.3 Å². The Morgan fingerprint density at radius 3 is 2.85 bits per heavy atom. The summed E-state index contributed by atoms with van der Waals surface area (Å²) in [6.45, 7) is 3.98. The second-order valence-corrected chi connectivity index (χ2v) is 8.45. The molecular formula is C20H24N4O2S. The van der Waals surface area contributed by atoms with E-state index in [0.717, 1.165) is 67.4 Å². The van der Waals surface area contributed by atoms with Gasteiger partial charge in [0.15, 0.2) is 0 Å². The van der Waals surface area contributed by atoms with E-state index in [-0.39, 0.29) is 5.56 Å². The number of hydrogen-bond acceptors (Lipinski definition) is 6. The van der Waals surface area contributed by atoms with Crippen LogP contribution in [0.3, 0.4) is 0 Å². The molecule has 0 atom stereocenters. The van der Waals surface area contributed by atoms with Gasteiger partial charge in [0.2, 0.25) is 5.95 Å². The van der Waals surface area contributed by atoms with E-state index >= 15 is 0 Å². The molecule has 3 aromatic heterocycles. The third kappa shape index (κ3) is 3.08. The third-order valence-corrected chi connectivity index (χ3v) is 6.78. The van der Waals surface area contributed by atoms with Gasteiger partial charge < -0.3 is 14.6 Å². The van der Waals surface area contributed by atoms with E-state index in [9.17, 15) is 4.79 Å². The first-order valence-corrected chi connectivity index (χ1v) is 10.7. The standard InChI is InChI=1S/C20H24N4O2S/c25-19-17-15-6-2-1-3-7-16(15)27-18(17)22-20(23-10-8-21-9-11-23)24(19)13-14-5-4-12-26-14/h4-5,12,21H,1-3,6-11,13H2. The fourth-order valence-electron chi connectivity index (χ4n) is 4.21. The molecule has 0 bridgehead atoms. The molecule has 3 aromatic rings. The summed E-state index contributed by atoms with van der Waals surface area (Å²) in [5.74, 6) is 1.57. The van der Waals surface area contributed by atoms with Crippen LogP contribution < -0.4 is 15.8 Å². The van der Waals surface area contributed by atoms with Gasteiger partial charge >= 0.3 is 0 Å². The lowest BCUT2D eigenvalue weighted by Gasteiger charge is -2.30. The number of fused-ring (bicyclic) bond motifs is 3. The first-order chi connectivity index (χ1) is 13.3. The van der Waals surface area contributed by atoms with Crippen molar-refractivity contribution in [2.24, 2.45) is 0 Å². The fourth-order valence-corrected chi connectivity index (χ4v) is 5.46. The summed E-state index contributed by atoms with van der Waals surface area (Å²) in [6.07, 6.45) is 7.36. The molecule has 4 heterocycles. The highest BCUT2D eigenvalue weighted by Crippen LogP contribution is 2.34. The quantitative estimate of drug-likeness (QED) is 0.704. The van der Waals surface area contributed by atoms with Crippen LogP contribution in [0.1, 0.15) is 35.5 Å². The Kier molecular flexibility index (Phi) is 4.49. The Balaban J connectivity index is 1.70. The molecule has 1 aliphatic carbocycles. The van der Waals surface area contributed by atoms with Gasteiger partial charge in [-0.25, -0.2) is 4.98 Å². The first-order valence-electron chi connectivity index (χ1n) is 9.84. The van der Waals surface area contributed by atoms with E-state index in [0.29, 0.717) is 6.54 Å². The normalized spacial score (nSPS) is 17.9. The number of nitrogens with zero attached hydrogens (tertiary/aromatic N) is 3. The lowest BCUT2D eigenvalue weighted by atomic mass is 10.1. The maximum Gasteiger partial charge on any atom is 0.264 e. The summed E-state index contributed by atoms with van der Waals surface area (Å²) < 4.78 is 7.37. The highest BCUT2D eigenvalue weighted by Gasteiger charge is 2.24. The number of aromatic nitrogens is 2. The predicted molar refractivity (Wildman–Crippen MR) is 108 cm³/mol. The third-order valence-electron chi connectivity index (χ3n) is 5.60. The molecule has 0 aromatic carbocycles. The van der Waals surface area contributed by atoms with Crippen molar-refractivity contribution in [3.8, 4) is 0 Å². The summed E-state index contributed by atoms with van der Waals surface area (Å²) in [5.41, 5.74) is 1.34. The summed E-state index contributed by atoms with van der Waals surface area (Å²) in [5, 5.41) is 4.22. The SMILES string of the molecule is O=c1c2c3c(sc2nc(N2CCNCC2)n1Cc1ccco1)CCCCC3. The minimum absolute atomic E-state index is 0.0873. The second-order valence-electron chi connectivity index (χ2n) is 7.36. The number of aryl methyl sites for hydroxylation is 2. The van der Waals surface area contributed by atoms with Crippen LogP contribution in [0, 0.1) is 0 Å². The van der Waals surface area contributed by atoms with Gasteiger partial charge in [0.1, 0.15) is 10.6 Å². The van der Waals surface area contributed by atoms with E-state index < -0.39 is 0 Å². The van der Waals surface area contributed by atoms with E-state index in [2.05, 4.69) is 10.2 Å². The lowest BCUT2D eigenvalue weighted by molar-refractivity contribution is 0.484. The van der Waals surface area contributed by atoms with E-state index in [1.807, 2.05) is 16.7 Å². The van der Waals surface area contributed by atoms with Crippen molar-refractivity contribution in [3.63, 3.8) is 0 Å². The van der Waals surface area contributed by atoms with Crippen LogP contribution in [0.15, 0.2) is 27.6 Å². The van der Waals surface area contributed by atoms with Crippen LogP contribution in [0.4, 0.5) is 5.95 Å². The average molecular weight is 385 g/mol. The average Bonchev–Trinajstić information content (AvgIpc) is 3.27. The predicted octanol–water partition coefficient (Wildman–Crippen LogP) is 2.78. The molecule has 0 spiro atoms. The van der Waals surface area contributed by atoms with Gasteiger partial charge in [-0.1, -0.05) is 6.42 Å². The zero-order valence-electron chi connectivity index (χ0n) is 15.4. The van der Waals surface area contributed by atoms with Crippen LogP contribution in [0.5, 0.6) is 0 Å². The molecule has 142 valence electrons. The molecular weight excluding hydrogens is 360 g/mol. The smallest absolute Gasteiger partial charge is 0.264 e. The molecule has 5 rings (SSSR count). The van der Waals surface area contributed by atoms with E-state index in [1.165, 1.54) is 23.3 Å². The maximum atomic E-state index is 13.6. The second kappa shape index (κ2) is 7.13. The van der Waals surface area contributed by atoms with Gasteiger partial charge in [-0.2, -0.15) is 0 Å². The minimum Gasteiger partial charge on any atom is -0.467 e. The minimum atomic E-state index is 0.0873. The van der Waals surface area contributed by atoms with Crippen molar-refractivity contribution in [1.82, 2.24) is 14.9 Å². The van der Waals surface area contributed by atoms with Gasteiger partial charge in [-0.05, 0) is 43.4 Å². The van der Waals surface area contributed by atoms with Crippen LogP contribution in [-0.4, -0.2) is 35.7 Å². The number of nitrogens with one attached hydrogen (secondary N) is 1. The van der Waals surface area contributed by atoms with Crippen molar-refractivity contribution in [2.75, 3.05) is 31.1 Å². The number of anilines is 1. The summed E-state index contributed by atoms with van der Waals surface area (Å²) in [6, 6.07) is 3.79. The van der Waals surface area contributed by atoms with Gasteiger partial charge in [0, 0.05) is 31.1 Å². The highest BCUT2D eigenvalue weighted by molar-refractivity contribution is 7.18. The summed E-state index contributed by atoms with van der Waals surface area (Å²) in [4.78, 5) is 23.1. The van der Waals surface area contributed by atoms with Crippen LogP contribution >= 0.6 is 11.3 Å². The zero-order valence-corrected chi connectivity index (χ0v) is 16.2. The molecule has 1 aliphatic heterocycles. The van der Waals surface area contributed by atoms with Crippen molar-refractivity contribution in [2.45, 2.75) is 38.6 Å². The van der Waals surface area contributed by atoms with Crippen LogP contribution in [0.25, 0.3) is 10.2 Å². The Morgan fingerprint density at radius 2 is 2.04 bits per heavy atom. The lowest BCUT2D eigenvalue weighted by Crippen LogP contribution is -2.46. The van der Waals surface area contributed by atoms with Gasteiger partial charge in [0.25, 0.3) is 5.56 Å². The Bertz CT molecular complexity index is 999.